The number of rotatable bonds is 4. The first-order chi connectivity index (χ1) is 11.1. The summed E-state index contributed by atoms with van der Waals surface area (Å²) >= 11 is 1.42. The Morgan fingerprint density at radius 1 is 1.13 bits per heavy atom. The fourth-order valence-corrected chi connectivity index (χ4v) is 3.63. The van der Waals surface area contributed by atoms with Crippen LogP contribution in [0.5, 0.6) is 0 Å². The second-order valence-corrected chi connectivity index (χ2v) is 6.19. The van der Waals surface area contributed by atoms with E-state index in [1.54, 1.807) is 24.5 Å². The molecule has 6 heteroatoms. The van der Waals surface area contributed by atoms with Gasteiger partial charge in [-0.15, -0.1) is 0 Å². The Hall–Kier alpha value is -2.60. The average molecular weight is 325 g/mol. The molecule has 5 nitrogen and oxygen atoms in total. The van der Waals surface area contributed by atoms with E-state index in [4.69, 9.17) is 0 Å². The first-order valence-electron chi connectivity index (χ1n) is 7.08. The number of nitro groups is 1. The molecule has 0 radical (unpaired) electrons. The molecule has 0 saturated heterocycles. The van der Waals surface area contributed by atoms with Crippen LogP contribution in [0.2, 0.25) is 0 Å². The van der Waals surface area contributed by atoms with Crippen LogP contribution in [0.1, 0.15) is 11.4 Å². The molecule has 0 amide bonds. The van der Waals surface area contributed by atoms with Crippen molar-refractivity contribution in [3.05, 3.63) is 76.4 Å². The third-order valence-electron chi connectivity index (χ3n) is 3.57. The summed E-state index contributed by atoms with van der Waals surface area (Å²) in [5, 5.41) is 11.2. The van der Waals surface area contributed by atoms with Crippen LogP contribution in [0.15, 0.2) is 64.6 Å². The molecular weight excluding hydrogens is 310 g/mol. The third-order valence-corrected chi connectivity index (χ3v) is 4.77. The van der Waals surface area contributed by atoms with Gasteiger partial charge in [0.1, 0.15) is 0 Å². The Labute approximate surface area is 138 Å². The van der Waals surface area contributed by atoms with Crippen molar-refractivity contribution >= 4 is 17.4 Å². The number of hydrogen-bond donors (Lipinski definition) is 0. The standard InChI is InChI=1S/C17H15N3O2S/c1-12-10-17(13(2)19(12)14-6-5-9-18-11-14)23-16-8-4-3-7-15(16)20(21)22/h3-11H,1-2H3. The zero-order valence-corrected chi connectivity index (χ0v) is 13.6. The van der Waals surface area contributed by atoms with E-state index in [-0.39, 0.29) is 10.6 Å². The number of aromatic nitrogens is 2. The molecule has 23 heavy (non-hydrogen) atoms. The number of para-hydroxylation sites is 1. The van der Waals surface area contributed by atoms with Crippen molar-refractivity contribution in [1.29, 1.82) is 0 Å². The van der Waals surface area contributed by atoms with E-state index in [0.717, 1.165) is 22.0 Å². The third kappa shape index (κ3) is 2.98. The molecule has 0 atom stereocenters. The lowest BCUT2D eigenvalue weighted by atomic mass is 10.3. The van der Waals surface area contributed by atoms with E-state index in [1.807, 2.05) is 38.1 Å². The molecule has 2 aromatic heterocycles. The van der Waals surface area contributed by atoms with Crippen molar-refractivity contribution in [3.63, 3.8) is 0 Å². The van der Waals surface area contributed by atoms with Gasteiger partial charge < -0.3 is 4.57 Å². The van der Waals surface area contributed by atoms with Crippen LogP contribution in [0.25, 0.3) is 5.69 Å². The number of nitrogens with zero attached hydrogens (tertiary/aromatic N) is 3. The minimum absolute atomic E-state index is 0.128. The lowest BCUT2D eigenvalue weighted by molar-refractivity contribution is -0.387. The van der Waals surface area contributed by atoms with Crippen LogP contribution in [0.4, 0.5) is 5.69 Å². The topological polar surface area (TPSA) is 61.0 Å². The van der Waals surface area contributed by atoms with Gasteiger partial charge >= 0.3 is 0 Å². The quantitative estimate of drug-likeness (QED) is 0.521. The van der Waals surface area contributed by atoms with Crippen LogP contribution in [-0.4, -0.2) is 14.5 Å². The van der Waals surface area contributed by atoms with Crippen LogP contribution >= 0.6 is 11.8 Å². The summed E-state index contributed by atoms with van der Waals surface area (Å²) in [6, 6.07) is 12.7. The fourth-order valence-electron chi connectivity index (χ4n) is 2.53. The zero-order valence-electron chi connectivity index (χ0n) is 12.8. The Bertz CT molecular complexity index is 860. The molecule has 0 saturated carbocycles. The van der Waals surface area contributed by atoms with Gasteiger partial charge in [0.2, 0.25) is 0 Å². The Morgan fingerprint density at radius 2 is 1.91 bits per heavy atom. The molecule has 1 aromatic carbocycles. The van der Waals surface area contributed by atoms with E-state index in [0.29, 0.717) is 4.90 Å². The number of nitro benzene ring substituents is 1. The summed E-state index contributed by atoms with van der Waals surface area (Å²) in [5.74, 6) is 0. The predicted octanol–water partition coefficient (Wildman–Crippen LogP) is 4.55. The maximum Gasteiger partial charge on any atom is 0.283 e. The lowest BCUT2D eigenvalue weighted by Crippen LogP contribution is -1.99. The zero-order chi connectivity index (χ0) is 16.4. The second-order valence-electron chi connectivity index (χ2n) is 5.11. The highest BCUT2D eigenvalue weighted by molar-refractivity contribution is 7.99. The van der Waals surface area contributed by atoms with E-state index >= 15 is 0 Å². The molecule has 0 N–H and O–H groups in total. The number of benzene rings is 1. The summed E-state index contributed by atoms with van der Waals surface area (Å²) < 4.78 is 2.10. The number of hydrogen-bond acceptors (Lipinski definition) is 4. The van der Waals surface area contributed by atoms with Crippen molar-refractivity contribution in [2.45, 2.75) is 23.6 Å². The summed E-state index contributed by atoms with van der Waals surface area (Å²) in [5.41, 5.74) is 3.22. The van der Waals surface area contributed by atoms with Gasteiger partial charge in [0.25, 0.3) is 5.69 Å². The van der Waals surface area contributed by atoms with Crippen molar-refractivity contribution in [3.8, 4) is 5.69 Å². The van der Waals surface area contributed by atoms with Gasteiger partial charge in [0.15, 0.2) is 0 Å². The maximum absolute atomic E-state index is 11.2. The maximum atomic E-state index is 11.2. The second kappa shape index (κ2) is 6.26. The number of pyridine rings is 1. The van der Waals surface area contributed by atoms with Gasteiger partial charge in [0.05, 0.1) is 21.7 Å². The van der Waals surface area contributed by atoms with Crippen LogP contribution in [0.3, 0.4) is 0 Å². The van der Waals surface area contributed by atoms with Gasteiger partial charge in [0, 0.05) is 28.5 Å². The predicted molar refractivity (Wildman–Crippen MR) is 90.3 cm³/mol. The Balaban J connectivity index is 2.02. The molecule has 0 aliphatic heterocycles. The van der Waals surface area contributed by atoms with Crippen LogP contribution < -0.4 is 0 Å². The monoisotopic (exact) mass is 325 g/mol. The Kier molecular flexibility index (Phi) is 4.16. The van der Waals surface area contributed by atoms with Gasteiger partial charge in [-0.3, -0.25) is 15.1 Å². The van der Waals surface area contributed by atoms with Gasteiger partial charge in [-0.25, -0.2) is 0 Å². The molecule has 0 spiro atoms. The fraction of sp³-hybridized carbons (Fsp3) is 0.118. The van der Waals surface area contributed by atoms with Crippen molar-refractivity contribution in [2.24, 2.45) is 0 Å². The van der Waals surface area contributed by atoms with E-state index < -0.39 is 0 Å². The first-order valence-corrected chi connectivity index (χ1v) is 7.90. The van der Waals surface area contributed by atoms with Crippen molar-refractivity contribution in [2.75, 3.05) is 0 Å². The van der Waals surface area contributed by atoms with E-state index in [2.05, 4.69) is 9.55 Å². The normalized spacial score (nSPS) is 10.7. The molecular formula is C17H15N3O2S. The summed E-state index contributed by atoms with van der Waals surface area (Å²) in [7, 11) is 0. The highest BCUT2D eigenvalue weighted by Gasteiger charge is 2.17. The van der Waals surface area contributed by atoms with Crippen molar-refractivity contribution < 1.29 is 4.92 Å². The minimum atomic E-state index is -0.345. The molecule has 0 fully saturated rings. The Morgan fingerprint density at radius 3 is 2.61 bits per heavy atom. The molecule has 0 unspecified atom stereocenters. The van der Waals surface area contributed by atoms with Gasteiger partial charge in [-0.2, -0.15) is 0 Å². The largest absolute Gasteiger partial charge is 0.316 e. The van der Waals surface area contributed by atoms with E-state index in [9.17, 15) is 10.1 Å². The van der Waals surface area contributed by atoms with E-state index in [1.165, 1.54) is 17.8 Å². The molecule has 3 aromatic rings. The average Bonchev–Trinajstić information content (AvgIpc) is 2.82. The molecule has 0 aliphatic rings. The summed E-state index contributed by atoms with van der Waals surface area (Å²) in [6.45, 7) is 4.03. The molecule has 3 rings (SSSR count). The van der Waals surface area contributed by atoms with Crippen LogP contribution in [0, 0.1) is 24.0 Å². The SMILES string of the molecule is Cc1cc(Sc2ccccc2[N+](=O)[O-])c(C)n1-c1cccnc1. The molecule has 116 valence electrons. The lowest BCUT2D eigenvalue weighted by Gasteiger charge is -2.09. The smallest absolute Gasteiger partial charge is 0.283 e. The molecule has 2 heterocycles. The highest BCUT2D eigenvalue weighted by atomic mass is 32.2. The van der Waals surface area contributed by atoms with Gasteiger partial charge in [-0.1, -0.05) is 23.9 Å². The highest BCUT2D eigenvalue weighted by Crippen LogP contribution is 2.38. The summed E-state index contributed by atoms with van der Waals surface area (Å²) in [6.07, 6.45) is 3.54. The van der Waals surface area contributed by atoms with Crippen LogP contribution in [-0.2, 0) is 0 Å². The molecule has 0 aliphatic carbocycles. The van der Waals surface area contributed by atoms with Crippen molar-refractivity contribution in [1.82, 2.24) is 9.55 Å². The van der Waals surface area contributed by atoms with Gasteiger partial charge in [-0.05, 0) is 38.1 Å². The number of aryl methyl sites for hydroxylation is 1. The summed E-state index contributed by atoms with van der Waals surface area (Å²) in [4.78, 5) is 16.6. The molecule has 0 bridgehead atoms. The minimum Gasteiger partial charge on any atom is -0.316 e. The first kappa shape index (κ1) is 15.3.